The first-order chi connectivity index (χ1) is 7.50. The number of carbonyl (C=O) groups is 1. The Morgan fingerprint density at radius 2 is 2.19 bits per heavy atom. The second-order valence-corrected chi connectivity index (χ2v) is 5.34. The largest absolute Gasteiger partial charge is 0.466 e. The van der Waals surface area contributed by atoms with Crippen molar-refractivity contribution in [2.45, 2.75) is 53.4 Å². The highest BCUT2D eigenvalue weighted by molar-refractivity contribution is 5.76. The van der Waals surface area contributed by atoms with Gasteiger partial charge in [-0.2, -0.15) is 0 Å². The van der Waals surface area contributed by atoms with Crippen molar-refractivity contribution in [3.63, 3.8) is 0 Å². The van der Waals surface area contributed by atoms with E-state index in [0.29, 0.717) is 6.61 Å². The number of allylic oxidation sites excluding steroid dienone is 1. The number of ether oxygens (including phenoxy) is 1. The maximum Gasteiger partial charge on any atom is 0.313 e. The number of rotatable bonds is 3. The van der Waals surface area contributed by atoms with Gasteiger partial charge in [-0.05, 0) is 38.0 Å². The standard InChI is InChI=1S/C14H24O2/c1-5-11-8-7-9-14(3,4)10-12(11)13(15)16-6-2/h8,12H,5-7,9-10H2,1-4H3. The molecule has 1 rings (SSSR count). The van der Waals surface area contributed by atoms with Crippen LogP contribution in [0.3, 0.4) is 0 Å². The summed E-state index contributed by atoms with van der Waals surface area (Å²) < 4.78 is 5.18. The summed E-state index contributed by atoms with van der Waals surface area (Å²) in [5.74, 6) is -0.0481. The maximum absolute atomic E-state index is 11.9. The van der Waals surface area contributed by atoms with E-state index in [2.05, 4.69) is 26.8 Å². The van der Waals surface area contributed by atoms with Gasteiger partial charge in [-0.15, -0.1) is 0 Å². The van der Waals surface area contributed by atoms with Gasteiger partial charge >= 0.3 is 5.97 Å². The molecule has 0 radical (unpaired) electrons. The summed E-state index contributed by atoms with van der Waals surface area (Å²) in [6.45, 7) is 8.95. The van der Waals surface area contributed by atoms with Crippen LogP contribution in [0.1, 0.15) is 53.4 Å². The van der Waals surface area contributed by atoms with Crippen LogP contribution in [0.25, 0.3) is 0 Å². The molecule has 0 fully saturated rings. The van der Waals surface area contributed by atoms with Crippen molar-refractivity contribution < 1.29 is 9.53 Å². The lowest BCUT2D eigenvalue weighted by atomic mass is 9.79. The Balaban J connectivity index is 2.84. The second-order valence-electron chi connectivity index (χ2n) is 5.34. The topological polar surface area (TPSA) is 26.3 Å². The lowest BCUT2D eigenvalue weighted by Gasteiger charge is -2.26. The van der Waals surface area contributed by atoms with Crippen LogP contribution in [0.2, 0.25) is 0 Å². The Labute approximate surface area is 99.1 Å². The molecule has 0 aromatic rings. The summed E-state index contributed by atoms with van der Waals surface area (Å²) in [5, 5.41) is 0. The van der Waals surface area contributed by atoms with Gasteiger partial charge in [-0.3, -0.25) is 4.79 Å². The number of hydrogen-bond acceptors (Lipinski definition) is 2. The van der Waals surface area contributed by atoms with Gasteiger partial charge in [0.1, 0.15) is 0 Å². The highest BCUT2D eigenvalue weighted by Crippen LogP contribution is 2.38. The molecule has 0 saturated heterocycles. The van der Waals surface area contributed by atoms with Crippen LogP contribution in [0.15, 0.2) is 11.6 Å². The first-order valence-corrected chi connectivity index (χ1v) is 6.35. The molecular formula is C14H24O2. The zero-order valence-corrected chi connectivity index (χ0v) is 11.0. The summed E-state index contributed by atoms with van der Waals surface area (Å²) in [6, 6.07) is 0. The van der Waals surface area contributed by atoms with Crippen LogP contribution < -0.4 is 0 Å². The number of esters is 1. The minimum Gasteiger partial charge on any atom is -0.466 e. The van der Waals surface area contributed by atoms with Crippen LogP contribution in [0.4, 0.5) is 0 Å². The molecule has 1 aliphatic carbocycles. The minimum absolute atomic E-state index is 0.0116. The Morgan fingerprint density at radius 3 is 2.75 bits per heavy atom. The van der Waals surface area contributed by atoms with Crippen molar-refractivity contribution in [1.29, 1.82) is 0 Å². The van der Waals surface area contributed by atoms with E-state index in [-0.39, 0.29) is 17.3 Å². The van der Waals surface area contributed by atoms with Gasteiger partial charge in [0.2, 0.25) is 0 Å². The van der Waals surface area contributed by atoms with E-state index in [1.165, 1.54) is 5.57 Å². The van der Waals surface area contributed by atoms with Crippen molar-refractivity contribution in [3.8, 4) is 0 Å². The third-order valence-corrected chi connectivity index (χ3v) is 3.41. The van der Waals surface area contributed by atoms with Crippen molar-refractivity contribution >= 4 is 5.97 Å². The van der Waals surface area contributed by atoms with Gasteiger partial charge < -0.3 is 4.74 Å². The highest BCUT2D eigenvalue weighted by atomic mass is 16.5. The molecule has 0 aromatic heterocycles. The molecule has 1 atom stereocenters. The van der Waals surface area contributed by atoms with Gasteiger partial charge in [0.15, 0.2) is 0 Å². The van der Waals surface area contributed by atoms with Gasteiger partial charge in [0.05, 0.1) is 12.5 Å². The third-order valence-electron chi connectivity index (χ3n) is 3.41. The zero-order valence-electron chi connectivity index (χ0n) is 11.0. The van der Waals surface area contributed by atoms with E-state index in [1.54, 1.807) is 0 Å². The first-order valence-electron chi connectivity index (χ1n) is 6.35. The molecule has 1 unspecified atom stereocenters. The molecular weight excluding hydrogens is 200 g/mol. The third kappa shape index (κ3) is 3.36. The number of carbonyl (C=O) groups excluding carboxylic acids is 1. The molecule has 1 aliphatic rings. The Bertz CT molecular complexity index is 276. The monoisotopic (exact) mass is 224 g/mol. The maximum atomic E-state index is 11.9. The van der Waals surface area contributed by atoms with E-state index in [9.17, 15) is 4.79 Å². The summed E-state index contributed by atoms with van der Waals surface area (Å²) in [7, 11) is 0. The van der Waals surface area contributed by atoms with Crippen LogP contribution in [-0.4, -0.2) is 12.6 Å². The number of hydrogen-bond donors (Lipinski definition) is 0. The summed E-state index contributed by atoms with van der Waals surface area (Å²) in [5.41, 5.74) is 1.51. The summed E-state index contributed by atoms with van der Waals surface area (Å²) in [6.07, 6.45) is 6.37. The zero-order chi connectivity index (χ0) is 12.2. The molecule has 16 heavy (non-hydrogen) atoms. The first kappa shape index (κ1) is 13.3. The van der Waals surface area contributed by atoms with E-state index in [0.717, 1.165) is 25.7 Å². The normalized spacial score (nSPS) is 24.5. The van der Waals surface area contributed by atoms with Crippen LogP contribution >= 0.6 is 0 Å². The fourth-order valence-electron chi connectivity index (χ4n) is 2.44. The molecule has 0 bridgehead atoms. The molecule has 0 heterocycles. The molecule has 0 saturated carbocycles. The van der Waals surface area contributed by atoms with E-state index in [4.69, 9.17) is 4.74 Å². The predicted octanol–water partition coefficient (Wildman–Crippen LogP) is 3.71. The lowest BCUT2D eigenvalue weighted by Crippen LogP contribution is -2.25. The molecule has 0 aliphatic heterocycles. The Morgan fingerprint density at radius 1 is 1.50 bits per heavy atom. The van der Waals surface area contributed by atoms with E-state index in [1.807, 2.05) is 6.92 Å². The summed E-state index contributed by atoms with van der Waals surface area (Å²) in [4.78, 5) is 11.9. The van der Waals surface area contributed by atoms with Crippen molar-refractivity contribution in [2.75, 3.05) is 6.61 Å². The molecule has 0 N–H and O–H groups in total. The average molecular weight is 224 g/mol. The smallest absolute Gasteiger partial charge is 0.313 e. The average Bonchev–Trinajstić information content (AvgIpc) is 2.36. The highest BCUT2D eigenvalue weighted by Gasteiger charge is 2.32. The quantitative estimate of drug-likeness (QED) is 0.539. The molecule has 2 nitrogen and oxygen atoms in total. The van der Waals surface area contributed by atoms with E-state index >= 15 is 0 Å². The fraction of sp³-hybridized carbons (Fsp3) is 0.786. The minimum atomic E-state index is -0.0365. The lowest BCUT2D eigenvalue weighted by molar-refractivity contribution is -0.147. The Kier molecular flexibility index (Phi) is 4.57. The molecule has 92 valence electrons. The van der Waals surface area contributed by atoms with Crippen molar-refractivity contribution in [2.24, 2.45) is 11.3 Å². The molecule has 0 amide bonds. The van der Waals surface area contributed by atoms with E-state index < -0.39 is 0 Å². The van der Waals surface area contributed by atoms with Crippen LogP contribution in [0, 0.1) is 11.3 Å². The second kappa shape index (κ2) is 5.51. The Hall–Kier alpha value is -0.790. The van der Waals surface area contributed by atoms with Crippen LogP contribution in [-0.2, 0) is 9.53 Å². The van der Waals surface area contributed by atoms with Gasteiger partial charge in [0, 0.05) is 0 Å². The van der Waals surface area contributed by atoms with Crippen molar-refractivity contribution in [3.05, 3.63) is 11.6 Å². The van der Waals surface area contributed by atoms with Crippen LogP contribution in [0.5, 0.6) is 0 Å². The molecule has 0 aromatic carbocycles. The molecule has 0 spiro atoms. The fourth-order valence-corrected chi connectivity index (χ4v) is 2.44. The summed E-state index contributed by atoms with van der Waals surface area (Å²) >= 11 is 0. The van der Waals surface area contributed by atoms with Gasteiger partial charge in [0.25, 0.3) is 0 Å². The predicted molar refractivity (Wildman–Crippen MR) is 66.1 cm³/mol. The van der Waals surface area contributed by atoms with Gasteiger partial charge in [-0.25, -0.2) is 0 Å². The SMILES string of the molecule is CCOC(=O)C1CC(C)(C)CCC=C1CC. The van der Waals surface area contributed by atoms with Crippen molar-refractivity contribution in [1.82, 2.24) is 0 Å². The molecule has 2 heteroatoms. The van der Waals surface area contributed by atoms with Gasteiger partial charge in [-0.1, -0.05) is 32.4 Å².